The molecule has 0 N–H and O–H groups in total. The van der Waals surface area contributed by atoms with Gasteiger partial charge in [-0.15, -0.1) is 0 Å². The summed E-state index contributed by atoms with van der Waals surface area (Å²) >= 11 is 0. The first-order valence-electron chi connectivity index (χ1n) is 18.9. The summed E-state index contributed by atoms with van der Waals surface area (Å²) in [4.78, 5) is 4.98. The predicted molar refractivity (Wildman–Crippen MR) is 207 cm³/mol. The standard InChI is InChI=1S/C45H49N3OSi/c1-28(2)38-23-22-37-36-21-19-31-18-20-35-33-15-9-10-16-34(33)40-26-32(25-30-13-7-8-14-30)41(50(4,5)6)27-48(40)43(35)29(3)47-24-12-11-17-39(47)42(31)44(36)49-45(37)46-38/h9-12,15-17,19,21-24,26-28,30,35,43H,3,7-8,13-14,18,20,25H2,1-2,4-6H3/q+2. The predicted octanol–water partition coefficient (Wildman–Crippen LogP) is 10.0. The summed E-state index contributed by atoms with van der Waals surface area (Å²) in [7, 11) is -1.67. The Balaban J connectivity index is 1.27. The number of benzene rings is 2. The largest absolute Gasteiger partial charge is 0.437 e. The fraction of sp³-hybridized carbons (Fsp3) is 0.356. The first kappa shape index (κ1) is 31.6. The van der Waals surface area contributed by atoms with Gasteiger partial charge in [0.05, 0.1) is 19.6 Å². The van der Waals surface area contributed by atoms with Crippen LogP contribution in [0.1, 0.15) is 86.2 Å². The van der Waals surface area contributed by atoms with Gasteiger partial charge in [-0.05, 0) is 78.6 Å². The van der Waals surface area contributed by atoms with Crippen molar-refractivity contribution in [2.24, 2.45) is 5.92 Å². The lowest BCUT2D eigenvalue weighted by molar-refractivity contribution is -0.726. The quantitative estimate of drug-likeness (QED) is 0.138. The van der Waals surface area contributed by atoms with Gasteiger partial charge in [0.15, 0.2) is 18.0 Å². The Morgan fingerprint density at radius 1 is 0.900 bits per heavy atom. The van der Waals surface area contributed by atoms with Crippen LogP contribution in [0.2, 0.25) is 19.6 Å². The van der Waals surface area contributed by atoms with Gasteiger partial charge in [-0.2, -0.15) is 9.13 Å². The van der Waals surface area contributed by atoms with Gasteiger partial charge in [-0.1, -0.05) is 89.5 Å². The first-order chi connectivity index (χ1) is 24.2. The molecule has 0 bridgehead atoms. The number of allylic oxidation sites excluding steroid dienone is 1. The molecule has 0 spiro atoms. The average Bonchev–Trinajstić information content (AvgIpc) is 3.77. The highest BCUT2D eigenvalue weighted by atomic mass is 28.3. The van der Waals surface area contributed by atoms with E-state index in [-0.39, 0.29) is 12.0 Å². The van der Waals surface area contributed by atoms with E-state index in [2.05, 4.69) is 128 Å². The maximum Gasteiger partial charge on any atom is 0.249 e. The number of aryl methyl sites for hydroxylation is 1. The molecule has 1 fully saturated rings. The molecular formula is C45H49N3OSi+2. The molecule has 2 atom stereocenters. The van der Waals surface area contributed by atoms with Crippen molar-refractivity contribution < 1.29 is 13.6 Å². The molecule has 50 heavy (non-hydrogen) atoms. The zero-order valence-electron chi connectivity index (χ0n) is 30.3. The minimum Gasteiger partial charge on any atom is -0.437 e. The highest BCUT2D eigenvalue weighted by molar-refractivity contribution is 6.89. The lowest BCUT2D eigenvalue weighted by Crippen LogP contribution is -2.57. The topological polar surface area (TPSA) is 33.8 Å². The number of nitrogens with zero attached hydrogens (tertiary/aromatic N) is 3. The number of fused-ring (bicyclic) bond motifs is 13. The SMILES string of the molecule is C=C1C2C(CCc3ccc4c(oc5nc(C(C)C)ccc54)c3-c3cccc[n+]31)c1ccccc1-c1cc(CC3CCCC3)c([Si](C)(C)C)c[n+]12. The van der Waals surface area contributed by atoms with E-state index in [1.165, 1.54) is 60.1 Å². The summed E-state index contributed by atoms with van der Waals surface area (Å²) in [5, 5.41) is 3.81. The zero-order chi connectivity index (χ0) is 34.3. The molecule has 1 aliphatic carbocycles. The normalized spacial score (nSPS) is 19.0. The van der Waals surface area contributed by atoms with Gasteiger partial charge in [0.2, 0.25) is 28.8 Å². The van der Waals surface area contributed by atoms with Crippen LogP contribution in [-0.4, -0.2) is 13.1 Å². The molecule has 4 nitrogen and oxygen atoms in total. The van der Waals surface area contributed by atoms with E-state index in [9.17, 15) is 0 Å². The molecule has 2 aromatic carbocycles. The fourth-order valence-electron chi connectivity index (χ4n) is 9.49. The summed E-state index contributed by atoms with van der Waals surface area (Å²) in [5.74, 6) is 1.42. The Morgan fingerprint density at radius 2 is 1.68 bits per heavy atom. The summed E-state index contributed by atoms with van der Waals surface area (Å²) < 4.78 is 11.8. The number of pyridine rings is 3. The lowest BCUT2D eigenvalue weighted by Gasteiger charge is -2.31. The van der Waals surface area contributed by atoms with Crippen LogP contribution in [0.3, 0.4) is 0 Å². The van der Waals surface area contributed by atoms with E-state index in [0.717, 1.165) is 57.9 Å². The van der Waals surface area contributed by atoms with Gasteiger partial charge in [-0.3, -0.25) is 0 Å². The third-order valence-electron chi connectivity index (χ3n) is 12.0. The van der Waals surface area contributed by atoms with E-state index in [1.807, 2.05) is 0 Å². The molecule has 6 heterocycles. The van der Waals surface area contributed by atoms with Gasteiger partial charge >= 0.3 is 0 Å². The van der Waals surface area contributed by atoms with Gasteiger partial charge < -0.3 is 4.42 Å². The summed E-state index contributed by atoms with van der Waals surface area (Å²) in [6.07, 6.45) is 13.5. The minimum absolute atomic E-state index is 0.0809. The molecule has 4 aromatic heterocycles. The molecule has 9 rings (SSSR count). The number of rotatable bonds is 4. The molecule has 0 radical (unpaired) electrons. The van der Waals surface area contributed by atoms with E-state index >= 15 is 0 Å². The molecular weight excluding hydrogens is 627 g/mol. The van der Waals surface area contributed by atoms with Crippen LogP contribution in [-0.2, 0) is 12.8 Å². The van der Waals surface area contributed by atoms with Crippen LogP contribution >= 0.6 is 0 Å². The third kappa shape index (κ3) is 5.03. The highest BCUT2D eigenvalue weighted by Gasteiger charge is 2.48. The second kappa shape index (κ2) is 11.9. The van der Waals surface area contributed by atoms with E-state index in [1.54, 1.807) is 10.8 Å². The van der Waals surface area contributed by atoms with Crippen molar-refractivity contribution >= 4 is 41.0 Å². The zero-order valence-corrected chi connectivity index (χ0v) is 31.3. The van der Waals surface area contributed by atoms with E-state index in [0.29, 0.717) is 5.92 Å². The van der Waals surface area contributed by atoms with Crippen molar-refractivity contribution in [1.82, 2.24) is 4.98 Å². The molecule has 2 unspecified atom stereocenters. The Kier molecular flexibility index (Phi) is 7.51. The molecule has 2 aliphatic heterocycles. The monoisotopic (exact) mass is 675 g/mol. The van der Waals surface area contributed by atoms with Crippen LogP contribution in [0.4, 0.5) is 0 Å². The Bertz CT molecular complexity index is 2320. The van der Waals surface area contributed by atoms with Crippen molar-refractivity contribution in [2.75, 3.05) is 0 Å². The Labute approximate surface area is 297 Å². The highest BCUT2D eigenvalue weighted by Crippen LogP contribution is 2.46. The summed E-state index contributed by atoms with van der Waals surface area (Å²) in [6.45, 7) is 16.9. The van der Waals surface area contributed by atoms with Crippen LogP contribution in [0.5, 0.6) is 0 Å². The van der Waals surface area contributed by atoms with Crippen molar-refractivity contribution in [1.29, 1.82) is 0 Å². The third-order valence-corrected chi connectivity index (χ3v) is 14.1. The van der Waals surface area contributed by atoms with E-state index in [4.69, 9.17) is 16.0 Å². The molecule has 1 saturated carbocycles. The van der Waals surface area contributed by atoms with Crippen molar-refractivity contribution in [3.8, 4) is 22.5 Å². The van der Waals surface area contributed by atoms with Crippen molar-refractivity contribution in [3.63, 3.8) is 0 Å². The van der Waals surface area contributed by atoms with Crippen LogP contribution in [0, 0.1) is 5.92 Å². The van der Waals surface area contributed by atoms with E-state index < -0.39 is 8.07 Å². The molecule has 0 amide bonds. The number of furan rings is 1. The maximum absolute atomic E-state index is 6.77. The van der Waals surface area contributed by atoms with Gasteiger partial charge in [-0.25, -0.2) is 4.98 Å². The van der Waals surface area contributed by atoms with Crippen LogP contribution < -0.4 is 14.3 Å². The second-order valence-electron chi connectivity index (χ2n) is 16.6. The fourth-order valence-corrected chi connectivity index (χ4v) is 11.2. The molecule has 3 aliphatic rings. The van der Waals surface area contributed by atoms with Crippen molar-refractivity contribution in [3.05, 3.63) is 114 Å². The Morgan fingerprint density at radius 3 is 2.48 bits per heavy atom. The van der Waals surface area contributed by atoms with Crippen molar-refractivity contribution in [2.45, 2.75) is 96.3 Å². The molecule has 252 valence electrons. The first-order valence-corrected chi connectivity index (χ1v) is 22.4. The number of hydrogen-bond acceptors (Lipinski definition) is 2. The minimum atomic E-state index is -1.67. The average molecular weight is 676 g/mol. The summed E-state index contributed by atoms with van der Waals surface area (Å²) in [6, 6.07) is 27.4. The summed E-state index contributed by atoms with van der Waals surface area (Å²) in [5.41, 5.74) is 13.2. The number of aromatic nitrogens is 3. The lowest BCUT2D eigenvalue weighted by atomic mass is 9.78. The maximum atomic E-state index is 6.77. The van der Waals surface area contributed by atoms with Gasteiger partial charge in [0, 0.05) is 45.4 Å². The van der Waals surface area contributed by atoms with Crippen LogP contribution in [0.25, 0.3) is 50.3 Å². The smallest absolute Gasteiger partial charge is 0.249 e. The Hall–Kier alpha value is -4.35. The van der Waals surface area contributed by atoms with Gasteiger partial charge in [0.25, 0.3) is 0 Å². The molecule has 6 aromatic rings. The van der Waals surface area contributed by atoms with Crippen LogP contribution in [0.15, 0.2) is 96.2 Å². The second-order valence-corrected chi connectivity index (χ2v) is 21.6. The molecule has 5 heteroatoms. The number of hydrogen-bond donors (Lipinski definition) is 0. The molecule has 0 saturated heterocycles. The van der Waals surface area contributed by atoms with Gasteiger partial charge in [0.1, 0.15) is 0 Å².